The monoisotopic (exact) mass is 313 g/mol. The summed E-state index contributed by atoms with van der Waals surface area (Å²) in [7, 11) is 1.67. The third-order valence-electron chi connectivity index (χ3n) is 3.96. The van der Waals surface area contributed by atoms with Crippen molar-refractivity contribution in [2.75, 3.05) is 13.9 Å². The molecule has 1 heterocycles. The molecule has 5 heteroatoms. The van der Waals surface area contributed by atoms with Crippen molar-refractivity contribution < 1.29 is 14.2 Å². The number of fused-ring (bicyclic) bond motifs is 1. The van der Waals surface area contributed by atoms with E-state index in [1.54, 1.807) is 7.11 Å². The molecule has 0 radical (unpaired) electrons. The Hall–Kier alpha value is -0.940. The fourth-order valence-electron chi connectivity index (χ4n) is 2.66. The van der Waals surface area contributed by atoms with Gasteiger partial charge in [-0.2, -0.15) is 0 Å². The van der Waals surface area contributed by atoms with Crippen molar-refractivity contribution >= 4 is 15.9 Å². The van der Waals surface area contributed by atoms with Crippen LogP contribution in [-0.2, 0) is 5.41 Å². The summed E-state index contributed by atoms with van der Waals surface area (Å²) in [6.07, 6.45) is 2.18. The second-order valence-corrected chi connectivity index (χ2v) is 5.74. The highest BCUT2D eigenvalue weighted by molar-refractivity contribution is 9.10. The Balaban J connectivity index is 2.18. The van der Waals surface area contributed by atoms with Crippen LogP contribution in [0.15, 0.2) is 10.5 Å². The molecule has 0 aromatic heterocycles. The molecule has 1 fully saturated rings. The van der Waals surface area contributed by atoms with Crippen LogP contribution in [0.2, 0.25) is 0 Å². The zero-order valence-electron chi connectivity index (χ0n) is 10.5. The van der Waals surface area contributed by atoms with E-state index in [1.807, 2.05) is 13.0 Å². The van der Waals surface area contributed by atoms with Crippen molar-refractivity contribution in [1.82, 2.24) is 0 Å². The smallest absolute Gasteiger partial charge is 0.231 e. The zero-order chi connectivity index (χ0) is 12.9. The van der Waals surface area contributed by atoms with E-state index in [2.05, 4.69) is 15.9 Å². The van der Waals surface area contributed by atoms with Crippen LogP contribution in [0.3, 0.4) is 0 Å². The second kappa shape index (κ2) is 4.03. The van der Waals surface area contributed by atoms with E-state index < -0.39 is 0 Å². The number of hydrogen-bond donors (Lipinski definition) is 1. The lowest BCUT2D eigenvalue weighted by molar-refractivity contribution is 0.173. The first-order valence-electron chi connectivity index (χ1n) is 6.02. The predicted octanol–water partition coefficient (Wildman–Crippen LogP) is 2.57. The van der Waals surface area contributed by atoms with Gasteiger partial charge in [0.1, 0.15) is 10.2 Å². The van der Waals surface area contributed by atoms with Gasteiger partial charge in [-0.15, -0.1) is 0 Å². The number of hydrogen-bond acceptors (Lipinski definition) is 4. The molecular weight excluding hydrogens is 298 g/mol. The SMILES string of the molecule is COc1c(C2(C(C)N)CC2)cc2c(c1Br)OCO2. The third kappa shape index (κ3) is 1.53. The van der Waals surface area contributed by atoms with Gasteiger partial charge >= 0.3 is 0 Å². The molecule has 0 bridgehead atoms. The standard InChI is InChI=1S/C13H16BrNO3/c1-7(15)13(3-4-13)8-5-9-12(18-6-17-9)10(14)11(8)16-2/h5,7H,3-4,6,15H2,1-2H3. The molecule has 0 amide bonds. The largest absolute Gasteiger partial charge is 0.495 e. The maximum absolute atomic E-state index is 6.14. The van der Waals surface area contributed by atoms with Gasteiger partial charge in [0.05, 0.1) is 7.11 Å². The van der Waals surface area contributed by atoms with E-state index in [0.29, 0.717) is 0 Å². The molecule has 1 aliphatic heterocycles. The molecular formula is C13H16BrNO3. The van der Waals surface area contributed by atoms with Crippen LogP contribution >= 0.6 is 15.9 Å². The lowest BCUT2D eigenvalue weighted by atomic mass is 9.88. The van der Waals surface area contributed by atoms with Gasteiger partial charge in [0, 0.05) is 17.0 Å². The van der Waals surface area contributed by atoms with Crippen LogP contribution in [0.25, 0.3) is 0 Å². The Morgan fingerprint density at radius 2 is 2.17 bits per heavy atom. The van der Waals surface area contributed by atoms with Crippen LogP contribution in [0.1, 0.15) is 25.3 Å². The van der Waals surface area contributed by atoms with Gasteiger partial charge in [-0.25, -0.2) is 0 Å². The molecule has 0 saturated heterocycles. The number of methoxy groups -OCH3 is 1. The minimum Gasteiger partial charge on any atom is -0.495 e. The van der Waals surface area contributed by atoms with Crippen LogP contribution < -0.4 is 19.9 Å². The minimum atomic E-state index is 0.0227. The Labute approximate surface area is 115 Å². The minimum absolute atomic E-state index is 0.0227. The van der Waals surface area contributed by atoms with E-state index in [0.717, 1.165) is 40.1 Å². The molecule has 4 nitrogen and oxygen atoms in total. The van der Waals surface area contributed by atoms with Crippen molar-refractivity contribution in [2.45, 2.75) is 31.2 Å². The van der Waals surface area contributed by atoms with E-state index in [4.69, 9.17) is 19.9 Å². The van der Waals surface area contributed by atoms with Gasteiger partial charge in [-0.1, -0.05) is 0 Å². The zero-order valence-corrected chi connectivity index (χ0v) is 12.0. The maximum Gasteiger partial charge on any atom is 0.231 e. The summed E-state index contributed by atoms with van der Waals surface area (Å²) in [5.41, 5.74) is 7.28. The van der Waals surface area contributed by atoms with Crippen molar-refractivity contribution in [1.29, 1.82) is 0 Å². The average Bonchev–Trinajstić information content (AvgIpc) is 3.02. The fraction of sp³-hybridized carbons (Fsp3) is 0.538. The number of halogens is 1. The van der Waals surface area contributed by atoms with Crippen molar-refractivity contribution in [3.05, 3.63) is 16.1 Å². The quantitative estimate of drug-likeness (QED) is 0.932. The summed E-state index contributed by atoms with van der Waals surface area (Å²) < 4.78 is 17.3. The van der Waals surface area contributed by atoms with Crippen LogP contribution in [0.4, 0.5) is 0 Å². The normalized spacial score (nSPS) is 20.7. The molecule has 1 aromatic carbocycles. The van der Waals surface area contributed by atoms with E-state index in [9.17, 15) is 0 Å². The fourth-order valence-corrected chi connectivity index (χ4v) is 3.34. The summed E-state index contributed by atoms with van der Waals surface area (Å²) in [6.45, 7) is 2.30. The van der Waals surface area contributed by atoms with Gasteiger partial charge in [0.2, 0.25) is 6.79 Å². The van der Waals surface area contributed by atoms with Gasteiger partial charge in [0.15, 0.2) is 11.5 Å². The second-order valence-electron chi connectivity index (χ2n) is 4.95. The molecule has 98 valence electrons. The van der Waals surface area contributed by atoms with Gasteiger partial charge in [-0.3, -0.25) is 0 Å². The molecule has 1 unspecified atom stereocenters. The third-order valence-corrected chi connectivity index (χ3v) is 4.68. The molecule has 1 saturated carbocycles. The first-order chi connectivity index (χ1) is 8.60. The highest BCUT2D eigenvalue weighted by Crippen LogP contribution is 2.58. The van der Waals surface area contributed by atoms with Crippen molar-refractivity contribution in [3.63, 3.8) is 0 Å². The summed E-state index contributed by atoms with van der Waals surface area (Å²) in [6, 6.07) is 2.11. The van der Waals surface area contributed by atoms with E-state index in [1.165, 1.54) is 0 Å². The molecule has 18 heavy (non-hydrogen) atoms. The first kappa shape index (κ1) is 12.1. The molecule has 1 aromatic rings. The van der Waals surface area contributed by atoms with Crippen LogP contribution in [-0.4, -0.2) is 19.9 Å². The Bertz CT molecular complexity index is 497. The van der Waals surface area contributed by atoms with E-state index >= 15 is 0 Å². The number of ether oxygens (including phenoxy) is 3. The maximum atomic E-state index is 6.14. The summed E-state index contributed by atoms with van der Waals surface area (Å²) in [5.74, 6) is 2.30. The molecule has 2 N–H and O–H groups in total. The molecule has 0 spiro atoms. The molecule has 1 atom stereocenters. The van der Waals surface area contributed by atoms with Crippen LogP contribution in [0.5, 0.6) is 17.2 Å². The highest BCUT2D eigenvalue weighted by Gasteiger charge is 2.50. The molecule has 1 aliphatic carbocycles. The summed E-state index contributed by atoms with van der Waals surface area (Å²) >= 11 is 3.54. The number of nitrogens with two attached hydrogens (primary N) is 1. The molecule has 2 aliphatic rings. The Morgan fingerprint density at radius 1 is 1.44 bits per heavy atom. The molecule has 3 rings (SSSR count). The first-order valence-corrected chi connectivity index (χ1v) is 6.81. The van der Waals surface area contributed by atoms with Gasteiger partial charge in [-0.05, 0) is 41.8 Å². The van der Waals surface area contributed by atoms with Gasteiger partial charge in [0.25, 0.3) is 0 Å². The highest BCUT2D eigenvalue weighted by atomic mass is 79.9. The Kier molecular flexibility index (Phi) is 2.71. The van der Waals surface area contributed by atoms with Gasteiger partial charge < -0.3 is 19.9 Å². The van der Waals surface area contributed by atoms with Crippen molar-refractivity contribution in [3.8, 4) is 17.2 Å². The van der Waals surface area contributed by atoms with E-state index in [-0.39, 0.29) is 18.2 Å². The summed E-state index contributed by atoms with van der Waals surface area (Å²) in [5, 5.41) is 0. The predicted molar refractivity (Wildman–Crippen MR) is 71.4 cm³/mol. The van der Waals surface area contributed by atoms with Crippen LogP contribution in [0, 0.1) is 0 Å². The Morgan fingerprint density at radius 3 is 2.72 bits per heavy atom. The average molecular weight is 314 g/mol. The topological polar surface area (TPSA) is 53.7 Å². The summed E-state index contributed by atoms with van der Waals surface area (Å²) in [4.78, 5) is 0. The lowest BCUT2D eigenvalue weighted by Crippen LogP contribution is -2.32. The lowest BCUT2D eigenvalue weighted by Gasteiger charge is -2.23. The number of rotatable bonds is 3. The number of benzene rings is 1. The van der Waals surface area contributed by atoms with Crippen molar-refractivity contribution in [2.24, 2.45) is 5.73 Å².